The van der Waals surface area contributed by atoms with Crippen molar-refractivity contribution in [3.05, 3.63) is 29.3 Å². The second kappa shape index (κ2) is 10.7. The third-order valence-corrected chi connectivity index (χ3v) is 3.53. The molecule has 0 unspecified atom stereocenters. The summed E-state index contributed by atoms with van der Waals surface area (Å²) in [5.74, 6) is 1.57. The van der Waals surface area contributed by atoms with Gasteiger partial charge in [-0.15, -0.1) is 24.0 Å². The first-order valence-electron chi connectivity index (χ1n) is 7.65. The van der Waals surface area contributed by atoms with Gasteiger partial charge in [-0.1, -0.05) is 19.9 Å². The molecule has 0 bridgehead atoms. The van der Waals surface area contributed by atoms with Crippen LogP contribution in [0.15, 0.2) is 23.2 Å². The Morgan fingerprint density at radius 3 is 2.41 bits per heavy atom. The van der Waals surface area contributed by atoms with Crippen molar-refractivity contribution in [3.8, 4) is 0 Å². The maximum atomic E-state index is 4.26. The van der Waals surface area contributed by atoms with Gasteiger partial charge >= 0.3 is 0 Å². The van der Waals surface area contributed by atoms with E-state index in [1.807, 2.05) is 7.05 Å². The number of hydrogen-bond acceptors (Lipinski definition) is 2. The molecule has 0 radical (unpaired) electrons. The zero-order chi connectivity index (χ0) is 15.8. The summed E-state index contributed by atoms with van der Waals surface area (Å²) in [6.07, 6.45) is 1.15. The molecular formula is C17H31IN4. The largest absolute Gasteiger partial charge is 0.378 e. The van der Waals surface area contributed by atoms with Crippen LogP contribution in [0.4, 0.5) is 5.69 Å². The highest BCUT2D eigenvalue weighted by Crippen LogP contribution is 2.17. The Balaban J connectivity index is 0.00000441. The Morgan fingerprint density at radius 2 is 1.91 bits per heavy atom. The van der Waals surface area contributed by atoms with Gasteiger partial charge < -0.3 is 15.5 Å². The van der Waals surface area contributed by atoms with E-state index in [0.29, 0.717) is 5.92 Å². The van der Waals surface area contributed by atoms with Gasteiger partial charge in [-0.2, -0.15) is 0 Å². The van der Waals surface area contributed by atoms with Crippen LogP contribution in [0.1, 0.15) is 31.4 Å². The van der Waals surface area contributed by atoms with Crippen molar-refractivity contribution in [2.75, 3.05) is 32.6 Å². The minimum absolute atomic E-state index is 0. The molecule has 0 aliphatic rings. The molecule has 0 amide bonds. The van der Waals surface area contributed by atoms with Gasteiger partial charge in [-0.25, -0.2) is 0 Å². The second-order valence-corrected chi connectivity index (χ2v) is 6.04. The number of aliphatic imine (C=N–C) groups is 1. The SMILES string of the molecule is CN=C(NCCC(C)C)NCc1ccc(N(C)C)cc1C.I. The van der Waals surface area contributed by atoms with E-state index in [4.69, 9.17) is 0 Å². The van der Waals surface area contributed by atoms with Gasteiger partial charge in [-0.05, 0) is 42.5 Å². The number of nitrogens with one attached hydrogen (secondary N) is 2. The first kappa shape index (κ1) is 21.0. The lowest BCUT2D eigenvalue weighted by Gasteiger charge is -2.17. The fourth-order valence-corrected chi connectivity index (χ4v) is 2.04. The molecule has 0 spiro atoms. The molecule has 1 aromatic rings. The molecule has 1 aromatic carbocycles. The van der Waals surface area contributed by atoms with Crippen LogP contribution in [0.3, 0.4) is 0 Å². The average molecular weight is 418 g/mol. The van der Waals surface area contributed by atoms with E-state index >= 15 is 0 Å². The average Bonchev–Trinajstić information content (AvgIpc) is 2.43. The molecule has 0 heterocycles. The molecule has 22 heavy (non-hydrogen) atoms. The predicted molar refractivity (Wildman–Crippen MR) is 109 cm³/mol. The van der Waals surface area contributed by atoms with Crippen LogP contribution < -0.4 is 15.5 Å². The molecule has 0 saturated carbocycles. The summed E-state index contributed by atoms with van der Waals surface area (Å²) in [6.45, 7) is 8.36. The van der Waals surface area contributed by atoms with E-state index in [9.17, 15) is 0 Å². The molecular weight excluding hydrogens is 387 g/mol. The summed E-state index contributed by atoms with van der Waals surface area (Å²) in [6, 6.07) is 6.55. The summed E-state index contributed by atoms with van der Waals surface area (Å²) in [7, 11) is 5.94. The molecule has 2 N–H and O–H groups in total. The van der Waals surface area contributed by atoms with Crippen molar-refractivity contribution in [2.45, 2.75) is 33.7 Å². The van der Waals surface area contributed by atoms with Gasteiger partial charge in [0.15, 0.2) is 5.96 Å². The highest BCUT2D eigenvalue weighted by atomic mass is 127. The van der Waals surface area contributed by atoms with E-state index in [-0.39, 0.29) is 24.0 Å². The Morgan fingerprint density at radius 1 is 1.23 bits per heavy atom. The fraction of sp³-hybridized carbons (Fsp3) is 0.588. The van der Waals surface area contributed by atoms with E-state index in [1.165, 1.54) is 16.8 Å². The normalized spacial score (nSPS) is 11.1. The van der Waals surface area contributed by atoms with Gasteiger partial charge in [0.1, 0.15) is 0 Å². The Labute approximate surface area is 152 Å². The topological polar surface area (TPSA) is 39.7 Å². The monoisotopic (exact) mass is 418 g/mol. The zero-order valence-electron chi connectivity index (χ0n) is 14.7. The van der Waals surface area contributed by atoms with Crippen LogP contribution in [0.5, 0.6) is 0 Å². The molecule has 0 aliphatic carbocycles. The highest BCUT2D eigenvalue weighted by Gasteiger charge is 2.03. The molecule has 0 aliphatic heterocycles. The highest BCUT2D eigenvalue weighted by molar-refractivity contribution is 14.0. The lowest BCUT2D eigenvalue weighted by atomic mass is 10.1. The van der Waals surface area contributed by atoms with Gasteiger partial charge in [0.05, 0.1) is 0 Å². The number of rotatable bonds is 6. The number of hydrogen-bond donors (Lipinski definition) is 2. The minimum Gasteiger partial charge on any atom is -0.378 e. The van der Waals surface area contributed by atoms with Crippen LogP contribution in [0.25, 0.3) is 0 Å². The summed E-state index contributed by atoms with van der Waals surface area (Å²) in [5.41, 5.74) is 3.83. The van der Waals surface area contributed by atoms with Gasteiger partial charge in [-0.3, -0.25) is 4.99 Å². The van der Waals surface area contributed by atoms with Crippen molar-refractivity contribution in [2.24, 2.45) is 10.9 Å². The molecule has 126 valence electrons. The summed E-state index contributed by atoms with van der Waals surface area (Å²) < 4.78 is 0. The van der Waals surface area contributed by atoms with Crippen molar-refractivity contribution < 1.29 is 0 Å². The van der Waals surface area contributed by atoms with Gasteiger partial charge in [0.2, 0.25) is 0 Å². The first-order chi connectivity index (χ1) is 9.93. The fourth-order valence-electron chi connectivity index (χ4n) is 2.04. The number of benzene rings is 1. The predicted octanol–water partition coefficient (Wildman–Crippen LogP) is 3.39. The summed E-state index contributed by atoms with van der Waals surface area (Å²) >= 11 is 0. The zero-order valence-corrected chi connectivity index (χ0v) is 17.1. The minimum atomic E-state index is 0. The van der Waals surface area contributed by atoms with Gasteiger partial charge in [0, 0.05) is 39.9 Å². The van der Waals surface area contributed by atoms with Crippen LogP contribution in [-0.2, 0) is 6.54 Å². The van der Waals surface area contributed by atoms with Crippen molar-refractivity contribution in [3.63, 3.8) is 0 Å². The Hall–Kier alpha value is -0.980. The standard InChI is InChI=1S/C17H30N4.HI/c1-13(2)9-10-19-17(18-4)20-12-15-7-8-16(21(5)6)11-14(15)3;/h7-8,11,13H,9-10,12H2,1-6H3,(H2,18,19,20);1H. The van der Waals surface area contributed by atoms with E-state index in [2.05, 4.69) is 73.6 Å². The third-order valence-electron chi connectivity index (χ3n) is 3.53. The Kier molecular flexibility index (Phi) is 10.2. The van der Waals surface area contributed by atoms with Crippen LogP contribution in [-0.4, -0.2) is 33.6 Å². The quantitative estimate of drug-likeness (QED) is 0.423. The first-order valence-corrected chi connectivity index (χ1v) is 7.65. The number of guanidine groups is 1. The molecule has 0 fully saturated rings. The van der Waals surface area contributed by atoms with Crippen molar-refractivity contribution in [1.29, 1.82) is 0 Å². The smallest absolute Gasteiger partial charge is 0.191 e. The molecule has 1 rings (SSSR count). The Bertz CT molecular complexity index is 470. The second-order valence-electron chi connectivity index (χ2n) is 6.04. The van der Waals surface area contributed by atoms with Gasteiger partial charge in [0.25, 0.3) is 0 Å². The maximum absolute atomic E-state index is 4.26. The number of aryl methyl sites for hydroxylation is 1. The lowest BCUT2D eigenvalue weighted by Crippen LogP contribution is -2.37. The number of anilines is 1. The third kappa shape index (κ3) is 7.33. The van der Waals surface area contributed by atoms with Crippen LogP contribution in [0, 0.1) is 12.8 Å². The number of halogens is 1. The van der Waals surface area contributed by atoms with E-state index in [1.54, 1.807) is 0 Å². The van der Waals surface area contributed by atoms with Crippen molar-refractivity contribution in [1.82, 2.24) is 10.6 Å². The molecule has 4 nitrogen and oxygen atoms in total. The summed E-state index contributed by atoms with van der Waals surface area (Å²) in [5, 5.41) is 6.72. The van der Waals surface area contributed by atoms with Crippen LogP contribution in [0.2, 0.25) is 0 Å². The summed E-state index contributed by atoms with van der Waals surface area (Å²) in [4.78, 5) is 6.38. The lowest BCUT2D eigenvalue weighted by molar-refractivity contribution is 0.573. The molecule has 0 saturated heterocycles. The molecule has 5 heteroatoms. The van der Waals surface area contributed by atoms with E-state index in [0.717, 1.165) is 25.5 Å². The van der Waals surface area contributed by atoms with Crippen LogP contribution >= 0.6 is 24.0 Å². The van der Waals surface area contributed by atoms with E-state index < -0.39 is 0 Å². The molecule has 0 aromatic heterocycles. The molecule has 0 atom stereocenters. The van der Waals surface area contributed by atoms with Crippen molar-refractivity contribution >= 4 is 35.6 Å². The maximum Gasteiger partial charge on any atom is 0.191 e. The number of nitrogens with zero attached hydrogens (tertiary/aromatic N) is 2.